The minimum absolute atomic E-state index is 0.158. The van der Waals surface area contributed by atoms with E-state index < -0.39 is 63.2 Å². The highest BCUT2D eigenvalue weighted by Crippen LogP contribution is 2.26. The van der Waals surface area contributed by atoms with Gasteiger partial charge in [-0.15, -0.1) is 0 Å². The Morgan fingerprint density at radius 2 is 1.93 bits per heavy atom. The maximum Gasteiger partial charge on any atom is 0.258 e. The molecule has 0 saturated carbocycles. The number of amides is 1. The van der Waals surface area contributed by atoms with E-state index in [4.69, 9.17) is 11.6 Å². The molecular weight excluding hydrogens is 378 g/mol. The third-order valence-electron chi connectivity index (χ3n) is 3.32. The zero-order chi connectivity index (χ0) is 25.3. The standard InChI is InChI=1S/C20H25N3O4S/c1-14(11-12-28(5,25)26)22-17(24)16-13-21-19(20(2,3)4)23-18(16)27-15-9-7-6-8-10-15/h6-14H,1-5H3,(H,22,24)/b12-11+/t14-/m0/s1/i6D,7D,8D,9D,10D. The Bertz CT molecular complexity index is 1200. The van der Waals surface area contributed by atoms with E-state index in [9.17, 15) is 13.2 Å². The normalized spacial score (nSPS) is 15.8. The molecule has 28 heavy (non-hydrogen) atoms. The van der Waals surface area contributed by atoms with Gasteiger partial charge in [0.1, 0.15) is 17.1 Å². The topological polar surface area (TPSA) is 98.2 Å². The van der Waals surface area contributed by atoms with E-state index in [0.717, 1.165) is 11.7 Å². The molecule has 1 N–H and O–H groups in total. The van der Waals surface area contributed by atoms with Gasteiger partial charge in [0.05, 0.1) is 6.85 Å². The van der Waals surface area contributed by atoms with Gasteiger partial charge in [-0.3, -0.25) is 4.79 Å². The summed E-state index contributed by atoms with van der Waals surface area (Å²) >= 11 is 0. The first-order valence-electron chi connectivity index (χ1n) is 10.8. The number of aromatic nitrogens is 2. The lowest BCUT2D eigenvalue weighted by Gasteiger charge is -2.19. The molecule has 0 aliphatic rings. The van der Waals surface area contributed by atoms with Gasteiger partial charge in [0.2, 0.25) is 5.88 Å². The number of benzene rings is 1. The number of hydrogen-bond donors (Lipinski definition) is 1. The largest absolute Gasteiger partial charge is 0.438 e. The summed E-state index contributed by atoms with van der Waals surface area (Å²) in [5.41, 5.74) is -0.701. The molecule has 7 nitrogen and oxygen atoms in total. The highest BCUT2D eigenvalue weighted by atomic mass is 32.2. The average molecular weight is 409 g/mol. The predicted octanol–water partition coefficient (Wildman–Crippen LogP) is 3.24. The number of nitrogens with zero attached hydrogens (tertiary/aromatic N) is 2. The monoisotopic (exact) mass is 408 g/mol. The summed E-state index contributed by atoms with van der Waals surface area (Å²) in [6, 6.07) is -3.63. The van der Waals surface area contributed by atoms with Crippen molar-refractivity contribution in [2.24, 2.45) is 0 Å². The summed E-state index contributed by atoms with van der Waals surface area (Å²) in [7, 11) is -3.39. The van der Waals surface area contributed by atoms with Crippen LogP contribution in [0.25, 0.3) is 0 Å². The van der Waals surface area contributed by atoms with Crippen molar-refractivity contribution in [1.29, 1.82) is 0 Å². The van der Waals surface area contributed by atoms with Gasteiger partial charge in [0.15, 0.2) is 9.84 Å². The molecule has 2 rings (SSSR count). The van der Waals surface area contributed by atoms with Gasteiger partial charge in [0.25, 0.3) is 5.91 Å². The maximum atomic E-state index is 12.9. The summed E-state index contributed by atoms with van der Waals surface area (Å²) in [5, 5.41) is 3.53. The third kappa shape index (κ3) is 6.45. The van der Waals surface area contributed by atoms with Crippen LogP contribution in [-0.4, -0.2) is 36.6 Å². The Labute approximate surface area is 172 Å². The van der Waals surface area contributed by atoms with Crippen LogP contribution in [0.5, 0.6) is 11.6 Å². The molecule has 150 valence electrons. The number of sulfone groups is 1. The lowest BCUT2D eigenvalue weighted by Crippen LogP contribution is -2.32. The molecule has 0 saturated heterocycles. The average Bonchev–Trinajstić information content (AvgIpc) is 2.71. The van der Waals surface area contributed by atoms with E-state index >= 15 is 0 Å². The fraction of sp³-hybridized carbons (Fsp3) is 0.350. The van der Waals surface area contributed by atoms with Crippen LogP contribution in [0, 0.1) is 0 Å². The van der Waals surface area contributed by atoms with Crippen molar-refractivity contribution in [2.45, 2.75) is 39.2 Å². The second-order valence-electron chi connectivity index (χ2n) is 7.14. The molecule has 1 aromatic heterocycles. The van der Waals surface area contributed by atoms with E-state index in [1.54, 1.807) is 6.92 Å². The fourth-order valence-electron chi connectivity index (χ4n) is 1.94. The van der Waals surface area contributed by atoms with Crippen LogP contribution < -0.4 is 10.1 Å². The van der Waals surface area contributed by atoms with Crippen molar-refractivity contribution >= 4 is 15.7 Å². The van der Waals surface area contributed by atoms with Crippen LogP contribution >= 0.6 is 0 Å². The Morgan fingerprint density at radius 3 is 2.50 bits per heavy atom. The molecule has 0 fully saturated rings. The van der Waals surface area contributed by atoms with Gasteiger partial charge in [0, 0.05) is 29.3 Å². The number of nitrogens with one attached hydrogen (secondary N) is 1. The number of carbonyl (C=O) groups is 1. The number of rotatable bonds is 6. The molecule has 1 aromatic carbocycles. The van der Waals surface area contributed by atoms with Crippen molar-refractivity contribution in [2.75, 3.05) is 6.26 Å². The van der Waals surface area contributed by atoms with E-state index in [0.29, 0.717) is 5.82 Å². The molecule has 8 heteroatoms. The molecule has 2 aromatic rings. The molecular formula is C20H25N3O4S. The molecule has 0 spiro atoms. The van der Waals surface area contributed by atoms with Gasteiger partial charge < -0.3 is 10.1 Å². The van der Waals surface area contributed by atoms with Crippen LogP contribution in [0.1, 0.15) is 50.7 Å². The molecule has 1 heterocycles. The van der Waals surface area contributed by atoms with Gasteiger partial charge in [-0.2, -0.15) is 4.98 Å². The quantitative estimate of drug-likeness (QED) is 0.788. The lowest BCUT2D eigenvalue weighted by atomic mass is 9.95. The maximum absolute atomic E-state index is 12.9. The Kier molecular flexibility index (Phi) is 4.63. The molecule has 0 radical (unpaired) electrons. The molecule has 1 atom stereocenters. The second kappa shape index (κ2) is 8.52. The third-order valence-corrected chi connectivity index (χ3v) is 3.97. The van der Waals surface area contributed by atoms with E-state index in [1.165, 1.54) is 12.3 Å². The van der Waals surface area contributed by atoms with E-state index in [1.807, 2.05) is 20.8 Å². The van der Waals surface area contributed by atoms with E-state index in [2.05, 4.69) is 15.3 Å². The smallest absolute Gasteiger partial charge is 0.258 e. The van der Waals surface area contributed by atoms with Crippen molar-refractivity contribution in [3.8, 4) is 11.6 Å². The van der Waals surface area contributed by atoms with Gasteiger partial charge in [-0.25, -0.2) is 13.4 Å². The van der Waals surface area contributed by atoms with Crippen molar-refractivity contribution in [3.05, 3.63) is 59.3 Å². The summed E-state index contributed by atoms with van der Waals surface area (Å²) in [4.78, 5) is 21.3. The molecule has 0 unspecified atom stereocenters. The number of carbonyl (C=O) groups excluding carboxylic acids is 1. The minimum Gasteiger partial charge on any atom is -0.438 e. The van der Waals surface area contributed by atoms with Crippen LogP contribution in [0.4, 0.5) is 0 Å². The highest BCUT2D eigenvalue weighted by Gasteiger charge is 2.23. The van der Waals surface area contributed by atoms with Crippen molar-refractivity contribution < 1.29 is 24.8 Å². The summed E-state index contributed by atoms with van der Waals surface area (Å²) in [5.74, 6) is -1.20. The Balaban J connectivity index is 2.55. The van der Waals surface area contributed by atoms with Crippen LogP contribution in [0.15, 0.2) is 47.9 Å². The number of ether oxygens (including phenoxy) is 1. The predicted molar refractivity (Wildman–Crippen MR) is 108 cm³/mol. The highest BCUT2D eigenvalue weighted by molar-refractivity contribution is 7.93. The van der Waals surface area contributed by atoms with Crippen molar-refractivity contribution in [3.63, 3.8) is 0 Å². The summed E-state index contributed by atoms with van der Waals surface area (Å²) < 4.78 is 67.7. The first kappa shape index (κ1) is 15.2. The fourth-order valence-corrected chi connectivity index (χ4v) is 2.46. The Hall–Kier alpha value is -2.74. The van der Waals surface area contributed by atoms with Crippen LogP contribution in [0.3, 0.4) is 0 Å². The van der Waals surface area contributed by atoms with Crippen molar-refractivity contribution in [1.82, 2.24) is 15.3 Å². The number of hydrogen-bond acceptors (Lipinski definition) is 6. The molecule has 0 aliphatic heterocycles. The zero-order valence-corrected chi connectivity index (χ0v) is 17.1. The van der Waals surface area contributed by atoms with Gasteiger partial charge in [-0.05, 0) is 19.0 Å². The van der Waals surface area contributed by atoms with E-state index in [-0.39, 0.29) is 11.4 Å². The van der Waals surface area contributed by atoms with Crippen LogP contribution in [0.2, 0.25) is 0 Å². The first-order valence-corrected chi connectivity index (χ1v) is 10.3. The molecule has 0 bridgehead atoms. The summed E-state index contributed by atoms with van der Waals surface area (Å²) in [6.07, 6.45) is 3.51. The SMILES string of the molecule is [2H]c1c([2H])c([2H])c(Oc2nc(C(C)(C)C)ncc2C(=O)N[C@@H](C)/C=C/S(C)(=O)=O)c([2H])c1[2H]. The van der Waals surface area contributed by atoms with Gasteiger partial charge in [-0.1, -0.05) is 45.0 Å². The number of para-hydroxylation sites is 1. The lowest BCUT2D eigenvalue weighted by molar-refractivity contribution is 0.0943. The van der Waals surface area contributed by atoms with Crippen LogP contribution in [-0.2, 0) is 15.3 Å². The Morgan fingerprint density at radius 1 is 1.29 bits per heavy atom. The summed E-state index contributed by atoms with van der Waals surface area (Å²) in [6.45, 7) is 7.04. The molecule has 0 aliphatic carbocycles. The molecule has 1 amide bonds. The first-order chi connectivity index (χ1) is 15.0. The second-order valence-corrected chi connectivity index (χ2v) is 9.07. The van der Waals surface area contributed by atoms with Gasteiger partial charge >= 0.3 is 0 Å². The zero-order valence-electron chi connectivity index (χ0n) is 21.2. The minimum atomic E-state index is -3.39.